The molecule has 0 spiro atoms. The molecule has 0 saturated heterocycles. The van der Waals surface area contributed by atoms with Gasteiger partial charge in [0, 0.05) is 18.1 Å². The highest BCUT2D eigenvalue weighted by Gasteiger charge is 2.14. The van der Waals surface area contributed by atoms with Gasteiger partial charge in [0.05, 0.1) is 16.7 Å². The van der Waals surface area contributed by atoms with Crippen LogP contribution in [0.3, 0.4) is 0 Å². The third-order valence-corrected chi connectivity index (χ3v) is 5.85. The molecule has 2 aromatic carbocycles. The quantitative estimate of drug-likeness (QED) is 0.423. The van der Waals surface area contributed by atoms with E-state index in [1.54, 1.807) is 22.8 Å². The summed E-state index contributed by atoms with van der Waals surface area (Å²) in [7, 11) is 0. The molecular weight excluding hydrogens is 406 g/mol. The monoisotopic (exact) mass is 429 g/mol. The molecule has 0 aliphatic heterocycles. The Bertz CT molecular complexity index is 1050. The van der Waals surface area contributed by atoms with Gasteiger partial charge in [0.25, 0.3) is 5.56 Å². The molecular formula is C22H24ClN3O2S. The number of nitrogens with one attached hydrogen (secondary N) is 1. The predicted octanol–water partition coefficient (Wildman–Crippen LogP) is 4.47. The van der Waals surface area contributed by atoms with Crippen LogP contribution in [0.1, 0.15) is 31.7 Å². The van der Waals surface area contributed by atoms with E-state index in [2.05, 4.69) is 29.4 Å². The van der Waals surface area contributed by atoms with Crippen LogP contribution in [0.15, 0.2) is 58.5 Å². The lowest BCUT2D eigenvalue weighted by molar-refractivity contribution is -0.118. The number of hydrogen-bond donors (Lipinski definition) is 1. The molecule has 3 rings (SSSR count). The van der Waals surface area contributed by atoms with Crippen molar-refractivity contribution in [3.05, 3.63) is 69.5 Å². The van der Waals surface area contributed by atoms with Gasteiger partial charge in [0.2, 0.25) is 5.91 Å². The molecule has 7 heteroatoms. The molecule has 1 heterocycles. The number of carbonyl (C=O) groups is 1. The third-order valence-electron chi connectivity index (χ3n) is 4.64. The van der Waals surface area contributed by atoms with Crippen LogP contribution in [-0.2, 0) is 11.3 Å². The van der Waals surface area contributed by atoms with E-state index in [4.69, 9.17) is 11.6 Å². The number of carbonyl (C=O) groups excluding carboxylic acids is 1. The van der Waals surface area contributed by atoms with Crippen LogP contribution in [0.25, 0.3) is 10.9 Å². The number of rotatable bonds is 8. The Morgan fingerprint density at radius 3 is 2.72 bits per heavy atom. The van der Waals surface area contributed by atoms with Crippen molar-refractivity contribution < 1.29 is 4.79 Å². The Balaban J connectivity index is 1.69. The molecule has 1 atom stereocenters. The van der Waals surface area contributed by atoms with Crippen LogP contribution in [0.4, 0.5) is 0 Å². The third kappa shape index (κ3) is 5.40. The second-order valence-corrected chi connectivity index (χ2v) is 8.30. The molecule has 0 bridgehead atoms. The maximum Gasteiger partial charge on any atom is 0.262 e. The Labute approximate surface area is 179 Å². The van der Waals surface area contributed by atoms with Crippen molar-refractivity contribution >= 4 is 40.2 Å². The largest absolute Gasteiger partial charge is 0.355 e. The summed E-state index contributed by atoms with van der Waals surface area (Å²) in [6.07, 6.45) is 0.801. The summed E-state index contributed by atoms with van der Waals surface area (Å²) in [5, 5.41) is 4.57. The fraction of sp³-hybridized carbons (Fsp3) is 0.318. The minimum Gasteiger partial charge on any atom is -0.355 e. The van der Waals surface area contributed by atoms with E-state index < -0.39 is 0 Å². The second-order valence-electron chi connectivity index (χ2n) is 6.92. The van der Waals surface area contributed by atoms with Crippen molar-refractivity contribution in [2.75, 3.05) is 12.3 Å². The van der Waals surface area contributed by atoms with Crippen molar-refractivity contribution in [1.29, 1.82) is 0 Å². The van der Waals surface area contributed by atoms with Crippen molar-refractivity contribution in [2.45, 2.75) is 37.9 Å². The van der Waals surface area contributed by atoms with Crippen LogP contribution in [0.2, 0.25) is 5.02 Å². The zero-order chi connectivity index (χ0) is 20.8. The fourth-order valence-electron chi connectivity index (χ4n) is 3.05. The average molecular weight is 430 g/mol. The minimum atomic E-state index is -0.103. The van der Waals surface area contributed by atoms with Crippen molar-refractivity contribution in [1.82, 2.24) is 14.9 Å². The summed E-state index contributed by atoms with van der Waals surface area (Å²) in [6, 6.07) is 15.1. The topological polar surface area (TPSA) is 64.0 Å². The van der Waals surface area contributed by atoms with Crippen LogP contribution in [0.5, 0.6) is 0 Å². The van der Waals surface area contributed by atoms with E-state index in [-0.39, 0.29) is 23.1 Å². The number of aromatic nitrogens is 2. The number of amides is 1. The van der Waals surface area contributed by atoms with Gasteiger partial charge in [-0.1, -0.05) is 67.5 Å². The van der Waals surface area contributed by atoms with Gasteiger partial charge in [-0.3, -0.25) is 14.2 Å². The highest BCUT2D eigenvalue weighted by Crippen LogP contribution is 2.21. The average Bonchev–Trinajstić information content (AvgIpc) is 2.73. The lowest BCUT2D eigenvalue weighted by Gasteiger charge is -2.14. The lowest BCUT2D eigenvalue weighted by atomic mass is 10.0. The first-order chi connectivity index (χ1) is 14.0. The first kappa shape index (κ1) is 21.4. The maximum atomic E-state index is 12.8. The van der Waals surface area contributed by atoms with Crippen molar-refractivity contribution in [3.63, 3.8) is 0 Å². The highest BCUT2D eigenvalue weighted by atomic mass is 35.5. The summed E-state index contributed by atoms with van der Waals surface area (Å²) in [5.41, 5.74) is 1.63. The standard InChI is InChI=1S/C22H24ClN3O2S/c1-3-11-26-21(28)18-10-9-17(23)12-19(18)25-22(26)29-14-20(27)24-13-15(2)16-7-5-4-6-8-16/h4-10,12,15H,3,11,13-14H2,1-2H3,(H,24,27)/t15-/m1/s1. The Morgan fingerprint density at radius 1 is 1.24 bits per heavy atom. The van der Waals surface area contributed by atoms with E-state index in [0.29, 0.717) is 34.2 Å². The summed E-state index contributed by atoms with van der Waals surface area (Å²) < 4.78 is 1.64. The predicted molar refractivity (Wildman–Crippen MR) is 120 cm³/mol. The van der Waals surface area contributed by atoms with Gasteiger partial charge < -0.3 is 5.32 Å². The molecule has 0 radical (unpaired) electrons. The van der Waals surface area contributed by atoms with Gasteiger partial charge in [-0.2, -0.15) is 0 Å². The Hall–Kier alpha value is -2.31. The van der Waals surface area contributed by atoms with Gasteiger partial charge in [-0.05, 0) is 36.1 Å². The van der Waals surface area contributed by atoms with E-state index in [1.807, 2.05) is 25.1 Å². The molecule has 29 heavy (non-hydrogen) atoms. The number of benzene rings is 2. The molecule has 0 unspecified atom stereocenters. The number of hydrogen-bond acceptors (Lipinski definition) is 4. The first-order valence-corrected chi connectivity index (χ1v) is 11.0. The lowest BCUT2D eigenvalue weighted by Crippen LogP contribution is -2.29. The number of halogens is 1. The molecule has 1 N–H and O–H groups in total. The smallest absolute Gasteiger partial charge is 0.262 e. The summed E-state index contributed by atoms with van der Waals surface area (Å²) in [4.78, 5) is 29.8. The fourth-order valence-corrected chi connectivity index (χ4v) is 4.07. The molecule has 152 valence electrons. The van der Waals surface area contributed by atoms with E-state index >= 15 is 0 Å². The first-order valence-electron chi connectivity index (χ1n) is 9.64. The van der Waals surface area contributed by atoms with E-state index in [0.717, 1.165) is 6.42 Å². The zero-order valence-electron chi connectivity index (χ0n) is 16.5. The van der Waals surface area contributed by atoms with Gasteiger partial charge in [-0.25, -0.2) is 4.98 Å². The van der Waals surface area contributed by atoms with E-state index in [1.165, 1.54) is 17.3 Å². The van der Waals surface area contributed by atoms with Crippen LogP contribution in [0, 0.1) is 0 Å². The molecule has 3 aromatic rings. The van der Waals surface area contributed by atoms with Gasteiger partial charge in [-0.15, -0.1) is 0 Å². The Kier molecular flexibility index (Phi) is 7.34. The zero-order valence-corrected chi connectivity index (χ0v) is 18.1. The minimum absolute atomic E-state index is 0.0822. The van der Waals surface area contributed by atoms with Crippen molar-refractivity contribution in [3.8, 4) is 0 Å². The number of nitrogens with zero attached hydrogens (tertiary/aromatic N) is 2. The molecule has 1 amide bonds. The normalized spacial score (nSPS) is 12.1. The number of thioether (sulfide) groups is 1. The van der Waals surface area contributed by atoms with Gasteiger partial charge in [0.15, 0.2) is 5.16 Å². The van der Waals surface area contributed by atoms with Gasteiger partial charge in [0.1, 0.15) is 0 Å². The van der Waals surface area contributed by atoms with Crippen LogP contribution >= 0.6 is 23.4 Å². The van der Waals surface area contributed by atoms with Crippen LogP contribution in [-0.4, -0.2) is 27.8 Å². The molecule has 0 saturated carbocycles. The molecule has 5 nitrogen and oxygen atoms in total. The second kappa shape index (κ2) is 9.94. The summed E-state index contributed by atoms with van der Waals surface area (Å²) in [6.45, 7) is 5.20. The number of fused-ring (bicyclic) bond motifs is 1. The molecule has 0 aliphatic carbocycles. The summed E-state index contributed by atoms with van der Waals surface area (Å²) in [5.74, 6) is 0.342. The SMILES string of the molecule is CCCn1c(SCC(=O)NC[C@@H](C)c2ccccc2)nc2cc(Cl)ccc2c1=O. The Morgan fingerprint density at radius 2 is 2.00 bits per heavy atom. The molecule has 1 aromatic heterocycles. The summed E-state index contributed by atoms with van der Waals surface area (Å²) >= 11 is 7.33. The van der Waals surface area contributed by atoms with E-state index in [9.17, 15) is 9.59 Å². The van der Waals surface area contributed by atoms with Crippen molar-refractivity contribution in [2.24, 2.45) is 0 Å². The molecule has 0 aliphatic rings. The van der Waals surface area contributed by atoms with Crippen LogP contribution < -0.4 is 10.9 Å². The molecule has 0 fully saturated rings. The maximum absolute atomic E-state index is 12.8. The van der Waals surface area contributed by atoms with Gasteiger partial charge >= 0.3 is 0 Å². The highest BCUT2D eigenvalue weighted by molar-refractivity contribution is 7.99.